The Hall–Kier alpha value is 2.36. The quantitative estimate of drug-likeness (QED) is 0.400. The summed E-state index contributed by atoms with van der Waals surface area (Å²) < 4.78 is 31.6. The normalized spacial score (nSPS) is 7.25. The average molecular weight is 293 g/mol. The maximum atomic E-state index is 8.74. The molecule has 0 aliphatic heterocycles. The van der Waals surface area contributed by atoms with Crippen molar-refractivity contribution in [3.63, 3.8) is 0 Å². The van der Waals surface area contributed by atoms with Crippen LogP contribution in [0.4, 0.5) is 0 Å². The monoisotopic (exact) mass is 293 g/mol. The summed E-state index contributed by atoms with van der Waals surface area (Å²) in [7, 11) is -4.67. The van der Waals surface area contributed by atoms with Crippen LogP contribution in [-0.2, 0) is 10.4 Å². The van der Waals surface area contributed by atoms with Gasteiger partial charge in [0, 0.05) is 35.6 Å². The number of hydrogen-bond donors (Lipinski definition) is 2. The van der Waals surface area contributed by atoms with Crippen molar-refractivity contribution in [3.05, 3.63) is 0 Å². The van der Waals surface area contributed by atoms with Crippen molar-refractivity contribution in [3.8, 4) is 0 Å². The van der Waals surface area contributed by atoms with E-state index in [4.69, 9.17) is 17.5 Å². The van der Waals surface area contributed by atoms with Gasteiger partial charge in [0.05, 0.1) is 0 Å². The smallest absolute Gasteiger partial charge is 1.00 e. The first-order chi connectivity index (χ1) is 2.00. The van der Waals surface area contributed by atoms with Crippen LogP contribution in [0.2, 0.25) is 0 Å². The molecule has 2 N–H and O–H groups in total. The fourth-order valence-corrected chi connectivity index (χ4v) is 0. The van der Waals surface area contributed by atoms with Crippen LogP contribution in [0.5, 0.6) is 0 Å². The first-order valence-electron chi connectivity index (χ1n) is 0.698. The molecule has 8 heavy (non-hydrogen) atoms. The van der Waals surface area contributed by atoms with Crippen LogP contribution >= 0.6 is 0 Å². The summed E-state index contributed by atoms with van der Waals surface area (Å²) in [4.78, 5) is 0. The average Bonchev–Trinajstić information content (AvgIpc) is 0.722. The van der Waals surface area contributed by atoms with Gasteiger partial charge < -0.3 is 2.85 Å². The summed E-state index contributed by atoms with van der Waals surface area (Å²) >= 11 is 0. The van der Waals surface area contributed by atoms with Crippen LogP contribution < -0.4 is 0 Å². The second kappa shape index (κ2) is 9.36. The van der Waals surface area contributed by atoms with Crippen molar-refractivity contribution in [2.24, 2.45) is 0 Å². The van der Waals surface area contributed by atoms with Crippen molar-refractivity contribution >= 4 is 50.8 Å². The Morgan fingerprint density at radius 1 is 1.25 bits per heavy atom. The molecule has 0 saturated carbocycles. The molecule has 0 unspecified atom stereocenters. The molecule has 45 valence electrons. The van der Waals surface area contributed by atoms with Gasteiger partial charge in [-0.1, -0.05) is 0 Å². The van der Waals surface area contributed by atoms with E-state index in [0.29, 0.717) is 0 Å². The van der Waals surface area contributed by atoms with E-state index < -0.39 is 10.4 Å². The van der Waals surface area contributed by atoms with Gasteiger partial charge >= 0.3 is 33.5 Å². The molecular formula is H7AlLaMgO4S. The fourth-order valence-electron chi connectivity index (χ4n) is 0. The minimum atomic E-state index is -4.67. The summed E-state index contributed by atoms with van der Waals surface area (Å²) in [6.45, 7) is 0. The first-order valence-corrected chi connectivity index (χ1v) is 2.10. The van der Waals surface area contributed by atoms with Crippen LogP contribution in [0.25, 0.3) is 0 Å². The van der Waals surface area contributed by atoms with Crippen LogP contribution in [0, 0.1) is 35.6 Å². The molecule has 1 radical (unpaired) electrons. The van der Waals surface area contributed by atoms with E-state index in [1.807, 2.05) is 0 Å². The predicted octanol–water partition coefficient (Wildman–Crippen LogP) is -1.99. The minimum absolute atomic E-state index is 0. The maximum Gasteiger partial charge on any atom is 2.00 e. The Bertz CT molecular complexity index is 106. The van der Waals surface area contributed by atoms with Crippen molar-refractivity contribution in [2.45, 2.75) is 0 Å². The van der Waals surface area contributed by atoms with Crippen LogP contribution in [0.15, 0.2) is 0 Å². The van der Waals surface area contributed by atoms with E-state index in [0.717, 1.165) is 0 Å². The van der Waals surface area contributed by atoms with Gasteiger partial charge in [0.15, 0.2) is 17.4 Å². The Morgan fingerprint density at radius 3 is 1.25 bits per heavy atom. The second-order valence-electron chi connectivity index (χ2n) is 0.448. The van der Waals surface area contributed by atoms with Crippen LogP contribution in [0.1, 0.15) is 2.85 Å². The summed E-state index contributed by atoms with van der Waals surface area (Å²) in [5.74, 6) is 0. The summed E-state index contributed by atoms with van der Waals surface area (Å²) in [5, 5.41) is 0. The molecule has 0 saturated heterocycles. The van der Waals surface area contributed by atoms with Gasteiger partial charge in [-0.3, -0.25) is 9.11 Å². The summed E-state index contributed by atoms with van der Waals surface area (Å²) in [6, 6.07) is 0. The molecule has 0 atom stereocenters. The van der Waals surface area contributed by atoms with Gasteiger partial charge in [0.2, 0.25) is 0 Å². The van der Waals surface area contributed by atoms with E-state index >= 15 is 0 Å². The van der Waals surface area contributed by atoms with Gasteiger partial charge in [-0.25, -0.2) is 0 Å². The summed E-state index contributed by atoms with van der Waals surface area (Å²) in [5.41, 5.74) is 0. The zero-order valence-electron chi connectivity index (χ0n) is 5.40. The largest absolute Gasteiger partial charge is 2.00 e. The molecule has 0 aliphatic rings. The van der Waals surface area contributed by atoms with E-state index in [1.165, 1.54) is 0 Å². The third kappa shape index (κ3) is 81.2. The maximum absolute atomic E-state index is 8.74. The topological polar surface area (TPSA) is 74.6 Å². The van der Waals surface area contributed by atoms with E-state index in [-0.39, 0.29) is 78.9 Å². The SMILES string of the molecule is O=S(=O)(O)O.[AlH3].[H-].[H-].[La].[Mg+2]. The molecule has 0 amide bonds. The Kier molecular flexibility index (Phi) is 26.3. The molecule has 0 heterocycles. The molecule has 8 heteroatoms. The first kappa shape index (κ1) is 22.4. The number of hydrogen-bond acceptors (Lipinski definition) is 2. The van der Waals surface area contributed by atoms with Crippen molar-refractivity contribution in [2.75, 3.05) is 0 Å². The van der Waals surface area contributed by atoms with E-state index in [2.05, 4.69) is 0 Å². The molecule has 0 aliphatic carbocycles. The van der Waals surface area contributed by atoms with E-state index in [9.17, 15) is 0 Å². The molecular weight excluding hydrogens is 286 g/mol. The van der Waals surface area contributed by atoms with Crippen LogP contribution in [-0.4, -0.2) is 57.9 Å². The molecule has 0 spiro atoms. The molecule has 0 aromatic rings. The van der Waals surface area contributed by atoms with Gasteiger partial charge in [-0.15, -0.1) is 0 Å². The zero-order valence-corrected chi connectivity index (χ0v) is 9.26. The number of rotatable bonds is 0. The third-order valence-electron chi connectivity index (χ3n) is 0. The Labute approximate surface area is 105 Å². The van der Waals surface area contributed by atoms with Gasteiger partial charge in [0.25, 0.3) is 0 Å². The Morgan fingerprint density at radius 2 is 1.25 bits per heavy atom. The van der Waals surface area contributed by atoms with Crippen molar-refractivity contribution < 1.29 is 56.0 Å². The van der Waals surface area contributed by atoms with Gasteiger partial charge in [-0.2, -0.15) is 8.42 Å². The third-order valence-corrected chi connectivity index (χ3v) is 0. The van der Waals surface area contributed by atoms with Crippen molar-refractivity contribution in [1.29, 1.82) is 0 Å². The predicted molar refractivity (Wildman–Crippen MR) is 32.1 cm³/mol. The molecule has 0 fully saturated rings. The Balaban J connectivity index is -0.00000000800. The van der Waals surface area contributed by atoms with Gasteiger partial charge in [0.1, 0.15) is 0 Å². The molecule has 4 nitrogen and oxygen atoms in total. The molecule has 0 bridgehead atoms. The van der Waals surface area contributed by atoms with Crippen molar-refractivity contribution in [1.82, 2.24) is 0 Å². The van der Waals surface area contributed by atoms with Crippen LogP contribution in [0.3, 0.4) is 0 Å². The van der Waals surface area contributed by atoms with E-state index in [1.54, 1.807) is 0 Å². The minimum Gasteiger partial charge on any atom is -1.00 e. The second-order valence-corrected chi connectivity index (χ2v) is 1.34. The molecule has 0 aromatic heterocycles. The molecule has 0 aromatic carbocycles. The summed E-state index contributed by atoms with van der Waals surface area (Å²) in [6.07, 6.45) is 0. The van der Waals surface area contributed by atoms with Gasteiger partial charge in [-0.05, 0) is 0 Å². The molecule has 0 rings (SSSR count). The fraction of sp³-hybridized carbons (Fsp3) is 0. The zero-order chi connectivity index (χ0) is 4.50. The standard InChI is InChI=1S/Al.La.Mg.H2O4S.5H/c;;;1-5(2,3)4;;;;;/h;;;(H2,1,2,3,4);;;;;/q;;+2;;;;;2*-1.